The Morgan fingerprint density at radius 2 is 2.06 bits per heavy atom. The smallest absolute Gasteiger partial charge is 0.337 e. The van der Waals surface area contributed by atoms with Crippen LogP contribution in [-0.4, -0.2) is 20.6 Å². The van der Waals surface area contributed by atoms with Gasteiger partial charge in [-0.1, -0.05) is 18.2 Å². The number of aromatic carboxylic acids is 1. The standard InChI is InChI=1S/C26H21N3O2/c1-29-15-23(19-4-2-3-17(9-19)13-27)21-10-16(5-8-25(21)29)11-24-22(26(30)31)12-20(14-28-24)18-6-7-18/h2-5,8-10,12,14-15,18H,6-7,11H2,1H3,(H,30,31). The number of aromatic nitrogens is 2. The van der Waals surface area contributed by atoms with Crippen LogP contribution in [0.5, 0.6) is 0 Å². The molecule has 4 aromatic rings. The first-order valence-corrected chi connectivity index (χ1v) is 10.3. The number of carboxylic acid groups (broad SMARTS) is 1. The Balaban J connectivity index is 1.56. The van der Waals surface area contributed by atoms with Crippen LogP contribution in [0.2, 0.25) is 0 Å². The van der Waals surface area contributed by atoms with Gasteiger partial charge in [0.15, 0.2) is 0 Å². The number of rotatable bonds is 5. The van der Waals surface area contributed by atoms with Gasteiger partial charge in [-0.05, 0) is 65.8 Å². The van der Waals surface area contributed by atoms with Crippen molar-refractivity contribution in [3.05, 3.63) is 88.9 Å². The number of fused-ring (bicyclic) bond motifs is 1. The van der Waals surface area contributed by atoms with E-state index in [-0.39, 0.29) is 0 Å². The van der Waals surface area contributed by atoms with Gasteiger partial charge in [-0.2, -0.15) is 5.26 Å². The molecule has 1 aliphatic rings. The van der Waals surface area contributed by atoms with Crippen molar-refractivity contribution in [2.75, 3.05) is 0 Å². The van der Waals surface area contributed by atoms with Crippen molar-refractivity contribution in [3.63, 3.8) is 0 Å². The summed E-state index contributed by atoms with van der Waals surface area (Å²) in [6.45, 7) is 0. The molecule has 5 nitrogen and oxygen atoms in total. The van der Waals surface area contributed by atoms with Crippen molar-refractivity contribution < 1.29 is 9.90 Å². The van der Waals surface area contributed by atoms with E-state index in [1.54, 1.807) is 12.1 Å². The lowest BCUT2D eigenvalue weighted by Crippen LogP contribution is -2.07. The second kappa shape index (κ2) is 7.41. The third kappa shape index (κ3) is 3.57. The Hall–Kier alpha value is -3.91. The van der Waals surface area contributed by atoms with Crippen molar-refractivity contribution in [1.82, 2.24) is 9.55 Å². The van der Waals surface area contributed by atoms with Crippen LogP contribution in [0.4, 0.5) is 0 Å². The molecule has 0 radical (unpaired) electrons. The fourth-order valence-electron chi connectivity index (χ4n) is 4.20. The maximum atomic E-state index is 11.9. The van der Waals surface area contributed by atoms with Gasteiger partial charge in [0.1, 0.15) is 0 Å². The van der Waals surface area contributed by atoms with E-state index in [1.165, 1.54) is 0 Å². The highest BCUT2D eigenvalue weighted by Gasteiger charge is 2.26. The Labute approximate surface area is 180 Å². The third-order valence-electron chi connectivity index (χ3n) is 6.00. The molecule has 0 bridgehead atoms. The molecule has 5 rings (SSSR count). The van der Waals surface area contributed by atoms with Gasteiger partial charge in [0.2, 0.25) is 0 Å². The average Bonchev–Trinajstić information content (AvgIpc) is 3.58. The van der Waals surface area contributed by atoms with Gasteiger partial charge in [-0.25, -0.2) is 4.79 Å². The van der Waals surface area contributed by atoms with Crippen LogP contribution in [0.15, 0.2) is 60.9 Å². The molecule has 1 fully saturated rings. The lowest BCUT2D eigenvalue weighted by Gasteiger charge is -2.09. The molecule has 1 aliphatic carbocycles. The average molecular weight is 407 g/mol. The number of pyridine rings is 1. The van der Waals surface area contributed by atoms with Gasteiger partial charge in [0.25, 0.3) is 0 Å². The molecular formula is C26H21N3O2. The van der Waals surface area contributed by atoms with E-state index < -0.39 is 5.97 Å². The molecule has 31 heavy (non-hydrogen) atoms. The maximum Gasteiger partial charge on any atom is 0.337 e. The summed E-state index contributed by atoms with van der Waals surface area (Å²) >= 11 is 0. The van der Waals surface area contributed by atoms with Crippen LogP contribution in [-0.2, 0) is 13.5 Å². The Morgan fingerprint density at radius 1 is 1.23 bits per heavy atom. The van der Waals surface area contributed by atoms with E-state index in [0.717, 1.165) is 46.0 Å². The fourth-order valence-corrected chi connectivity index (χ4v) is 4.20. The summed E-state index contributed by atoms with van der Waals surface area (Å²) in [6.07, 6.45) is 6.58. The molecule has 2 aromatic heterocycles. The fraction of sp³-hybridized carbons (Fsp3) is 0.192. The Morgan fingerprint density at radius 3 is 2.81 bits per heavy atom. The summed E-state index contributed by atoms with van der Waals surface area (Å²) < 4.78 is 2.07. The van der Waals surface area contributed by atoms with Crippen LogP contribution in [0.25, 0.3) is 22.0 Å². The minimum atomic E-state index is -0.931. The van der Waals surface area contributed by atoms with Crippen LogP contribution in [0, 0.1) is 11.3 Å². The van der Waals surface area contributed by atoms with Crippen molar-refractivity contribution in [2.24, 2.45) is 7.05 Å². The maximum absolute atomic E-state index is 11.9. The molecule has 0 amide bonds. The van der Waals surface area contributed by atoms with Crippen molar-refractivity contribution in [1.29, 1.82) is 5.26 Å². The second-order valence-electron chi connectivity index (χ2n) is 8.22. The predicted molar refractivity (Wildman–Crippen MR) is 119 cm³/mol. The first kappa shape index (κ1) is 19.1. The Kier molecular flexibility index (Phi) is 4.56. The summed E-state index contributed by atoms with van der Waals surface area (Å²) in [7, 11) is 2.00. The molecule has 5 heteroatoms. The molecule has 0 spiro atoms. The second-order valence-corrected chi connectivity index (χ2v) is 8.22. The number of benzene rings is 2. The lowest BCUT2D eigenvalue weighted by molar-refractivity contribution is 0.0695. The third-order valence-corrected chi connectivity index (χ3v) is 6.00. The SMILES string of the molecule is Cn1cc(-c2cccc(C#N)c2)c2cc(Cc3ncc(C4CC4)cc3C(=O)O)ccc21. The van der Waals surface area contributed by atoms with Crippen LogP contribution >= 0.6 is 0 Å². The Bertz CT molecular complexity index is 1370. The summed E-state index contributed by atoms with van der Waals surface area (Å²) in [4.78, 5) is 16.4. The van der Waals surface area contributed by atoms with Gasteiger partial charge in [-0.3, -0.25) is 4.98 Å². The molecule has 2 heterocycles. The van der Waals surface area contributed by atoms with Gasteiger partial charge < -0.3 is 9.67 Å². The largest absolute Gasteiger partial charge is 0.478 e. The summed E-state index contributed by atoms with van der Waals surface area (Å²) in [5, 5.41) is 20.0. The van der Waals surface area contributed by atoms with Crippen LogP contribution in [0.3, 0.4) is 0 Å². The number of nitriles is 1. The van der Waals surface area contributed by atoms with E-state index in [0.29, 0.717) is 29.2 Å². The highest BCUT2D eigenvalue weighted by atomic mass is 16.4. The van der Waals surface area contributed by atoms with Crippen molar-refractivity contribution >= 4 is 16.9 Å². The first-order valence-electron chi connectivity index (χ1n) is 10.3. The summed E-state index contributed by atoms with van der Waals surface area (Å²) in [5.41, 5.74) is 6.64. The molecule has 0 unspecified atom stereocenters. The van der Waals surface area contributed by atoms with Gasteiger partial charge in [-0.15, -0.1) is 0 Å². The predicted octanol–water partition coefficient (Wildman–Crippen LogP) is 5.28. The minimum absolute atomic E-state index is 0.291. The molecule has 0 aliphatic heterocycles. The zero-order chi connectivity index (χ0) is 21.5. The van der Waals surface area contributed by atoms with E-state index in [4.69, 9.17) is 0 Å². The zero-order valence-electron chi connectivity index (χ0n) is 17.2. The topological polar surface area (TPSA) is 78.9 Å². The quantitative estimate of drug-likeness (QED) is 0.488. The summed E-state index contributed by atoms with van der Waals surface area (Å²) in [5.74, 6) is -0.466. The molecule has 1 N–H and O–H groups in total. The van der Waals surface area contributed by atoms with Gasteiger partial charge in [0.05, 0.1) is 22.9 Å². The number of hydrogen-bond acceptors (Lipinski definition) is 3. The van der Waals surface area contributed by atoms with Gasteiger partial charge >= 0.3 is 5.97 Å². The lowest BCUT2D eigenvalue weighted by atomic mass is 9.98. The first-order chi connectivity index (χ1) is 15.0. The highest BCUT2D eigenvalue weighted by molar-refractivity contribution is 5.97. The molecule has 0 atom stereocenters. The van der Waals surface area contributed by atoms with Crippen molar-refractivity contribution in [3.8, 4) is 17.2 Å². The van der Waals surface area contributed by atoms with E-state index in [2.05, 4.69) is 33.9 Å². The van der Waals surface area contributed by atoms with Crippen LogP contribution in [0.1, 0.15) is 51.5 Å². The monoisotopic (exact) mass is 407 g/mol. The highest BCUT2D eigenvalue weighted by Crippen LogP contribution is 2.40. The minimum Gasteiger partial charge on any atom is -0.478 e. The van der Waals surface area contributed by atoms with E-state index in [9.17, 15) is 15.2 Å². The van der Waals surface area contributed by atoms with E-state index >= 15 is 0 Å². The number of carboxylic acids is 1. The molecule has 1 saturated carbocycles. The molecule has 2 aromatic carbocycles. The molecule has 152 valence electrons. The molecule has 0 saturated heterocycles. The number of aryl methyl sites for hydroxylation is 1. The normalized spacial score (nSPS) is 13.3. The van der Waals surface area contributed by atoms with Crippen molar-refractivity contribution in [2.45, 2.75) is 25.2 Å². The molecular weight excluding hydrogens is 386 g/mol. The zero-order valence-corrected chi connectivity index (χ0v) is 17.2. The van der Waals surface area contributed by atoms with Crippen LogP contribution < -0.4 is 0 Å². The number of nitrogens with zero attached hydrogens (tertiary/aromatic N) is 3. The number of hydrogen-bond donors (Lipinski definition) is 1. The van der Waals surface area contributed by atoms with E-state index in [1.807, 2.05) is 37.5 Å². The van der Waals surface area contributed by atoms with Gasteiger partial charge in [0, 0.05) is 42.3 Å². The summed E-state index contributed by atoms with van der Waals surface area (Å²) in [6, 6.07) is 17.8. The number of carbonyl (C=O) groups is 1.